The second-order valence-corrected chi connectivity index (χ2v) is 3.80. The summed E-state index contributed by atoms with van der Waals surface area (Å²) in [7, 11) is 2.11. The van der Waals surface area contributed by atoms with Crippen molar-refractivity contribution in [3.8, 4) is 0 Å². The Balaban J connectivity index is 3.60. The first-order valence-corrected chi connectivity index (χ1v) is 5.02. The van der Waals surface area contributed by atoms with Gasteiger partial charge in [0.2, 0.25) is 0 Å². The van der Waals surface area contributed by atoms with E-state index in [0.717, 1.165) is 13.1 Å². The van der Waals surface area contributed by atoms with Crippen molar-refractivity contribution in [2.45, 2.75) is 39.8 Å². The SMILES string of the molecule is CCN(C)CC(C)N=CNC(C)C. The van der Waals surface area contributed by atoms with Crippen LogP contribution in [0.25, 0.3) is 0 Å². The minimum Gasteiger partial charge on any atom is -0.374 e. The average molecular weight is 185 g/mol. The molecule has 0 aromatic heterocycles. The summed E-state index contributed by atoms with van der Waals surface area (Å²) < 4.78 is 0. The summed E-state index contributed by atoms with van der Waals surface area (Å²) >= 11 is 0. The van der Waals surface area contributed by atoms with Crippen LogP contribution >= 0.6 is 0 Å². The third-order valence-corrected chi connectivity index (χ3v) is 1.85. The Kier molecular flexibility index (Phi) is 6.59. The molecule has 0 aromatic rings. The third-order valence-electron chi connectivity index (χ3n) is 1.85. The first kappa shape index (κ1) is 12.4. The molecule has 0 rings (SSSR count). The Bertz CT molecular complexity index is 143. The summed E-state index contributed by atoms with van der Waals surface area (Å²) in [5, 5.41) is 3.16. The van der Waals surface area contributed by atoms with Gasteiger partial charge in [0.25, 0.3) is 0 Å². The lowest BCUT2D eigenvalue weighted by atomic mass is 10.3. The van der Waals surface area contributed by atoms with Gasteiger partial charge in [-0.15, -0.1) is 0 Å². The van der Waals surface area contributed by atoms with Crippen LogP contribution in [0.15, 0.2) is 4.99 Å². The number of hydrogen-bond donors (Lipinski definition) is 1. The molecule has 3 heteroatoms. The molecule has 0 aliphatic rings. The molecule has 0 fully saturated rings. The van der Waals surface area contributed by atoms with Gasteiger partial charge in [-0.1, -0.05) is 6.92 Å². The molecule has 1 N–H and O–H groups in total. The summed E-state index contributed by atoms with van der Waals surface area (Å²) in [5.74, 6) is 0. The van der Waals surface area contributed by atoms with E-state index in [2.05, 4.69) is 50.0 Å². The normalized spacial score (nSPS) is 14.4. The fourth-order valence-corrected chi connectivity index (χ4v) is 0.947. The molecule has 0 saturated heterocycles. The van der Waals surface area contributed by atoms with E-state index < -0.39 is 0 Å². The molecule has 0 spiro atoms. The van der Waals surface area contributed by atoms with Crippen molar-refractivity contribution in [1.29, 1.82) is 0 Å². The van der Waals surface area contributed by atoms with Gasteiger partial charge in [-0.05, 0) is 34.4 Å². The van der Waals surface area contributed by atoms with Crippen molar-refractivity contribution in [2.24, 2.45) is 4.99 Å². The van der Waals surface area contributed by atoms with E-state index >= 15 is 0 Å². The van der Waals surface area contributed by atoms with Crippen molar-refractivity contribution in [3.05, 3.63) is 0 Å². The molecule has 1 atom stereocenters. The van der Waals surface area contributed by atoms with Gasteiger partial charge in [-0.25, -0.2) is 0 Å². The molecular weight excluding hydrogens is 162 g/mol. The number of likely N-dealkylation sites (N-methyl/N-ethyl adjacent to an activating group) is 1. The van der Waals surface area contributed by atoms with Crippen LogP contribution < -0.4 is 5.32 Å². The largest absolute Gasteiger partial charge is 0.374 e. The molecule has 1 unspecified atom stereocenters. The molecule has 0 saturated carbocycles. The Morgan fingerprint density at radius 2 is 2.00 bits per heavy atom. The van der Waals surface area contributed by atoms with Crippen molar-refractivity contribution in [1.82, 2.24) is 10.2 Å². The quantitative estimate of drug-likeness (QED) is 0.500. The lowest BCUT2D eigenvalue weighted by Crippen LogP contribution is -2.27. The molecule has 0 heterocycles. The van der Waals surface area contributed by atoms with E-state index in [-0.39, 0.29) is 0 Å². The zero-order valence-electron chi connectivity index (χ0n) is 9.54. The van der Waals surface area contributed by atoms with Gasteiger partial charge in [0.05, 0.1) is 12.4 Å². The molecule has 0 amide bonds. The second kappa shape index (κ2) is 6.89. The summed E-state index contributed by atoms with van der Waals surface area (Å²) in [6.07, 6.45) is 1.82. The highest BCUT2D eigenvalue weighted by Gasteiger charge is 2.00. The van der Waals surface area contributed by atoms with E-state index in [1.807, 2.05) is 6.34 Å². The highest BCUT2D eigenvalue weighted by molar-refractivity contribution is 5.54. The van der Waals surface area contributed by atoms with Crippen LogP contribution in [0.2, 0.25) is 0 Å². The smallest absolute Gasteiger partial charge is 0.0829 e. The molecule has 0 bridgehead atoms. The third kappa shape index (κ3) is 7.78. The van der Waals surface area contributed by atoms with E-state index in [0.29, 0.717) is 12.1 Å². The maximum Gasteiger partial charge on any atom is 0.0829 e. The zero-order valence-corrected chi connectivity index (χ0v) is 9.54. The van der Waals surface area contributed by atoms with Crippen LogP contribution in [0.3, 0.4) is 0 Å². The zero-order chi connectivity index (χ0) is 10.3. The monoisotopic (exact) mass is 185 g/mol. The minimum absolute atomic E-state index is 0.371. The molecule has 0 aliphatic carbocycles. The van der Waals surface area contributed by atoms with E-state index in [4.69, 9.17) is 0 Å². The van der Waals surface area contributed by atoms with Crippen LogP contribution in [0.5, 0.6) is 0 Å². The Morgan fingerprint density at radius 1 is 1.38 bits per heavy atom. The number of hydrogen-bond acceptors (Lipinski definition) is 2. The highest BCUT2D eigenvalue weighted by atomic mass is 15.1. The number of nitrogens with one attached hydrogen (secondary N) is 1. The maximum atomic E-state index is 4.37. The summed E-state index contributed by atoms with van der Waals surface area (Å²) in [6, 6.07) is 0.844. The average Bonchev–Trinajstić information content (AvgIpc) is 2.03. The number of nitrogens with zero attached hydrogens (tertiary/aromatic N) is 2. The predicted molar refractivity (Wildman–Crippen MR) is 59.4 cm³/mol. The molecule has 3 nitrogen and oxygen atoms in total. The van der Waals surface area contributed by atoms with Gasteiger partial charge in [0.15, 0.2) is 0 Å². The van der Waals surface area contributed by atoms with Crippen molar-refractivity contribution in [3.63, 3.8) is 0 Å². The van der Waals surface area contributed by atoms with Gasteiger partial charge in [-0.2, -0.15) is 0 Å². The van der Waals surface area contributed by atoms with Gasteiger partial charge in [-0.3, -0.25) is 4.99 Å². The van der Waals surface area contributed by atoms with Crippen LogP contribution in [0, 0.1) is 0 Å². The van der Waals surface area contributed by atoms with E-state index in [1.54, 1.807) is 0 Å². The van der Waals surface area contributed by atoms with Crippen LogP contribution in [-0.4, -0.2) is 43.5 Å². The van der Waals surface area contributed by atoms with Crippen molar-refractivity contribution >= 4 is 6.34 Å². The molecule has 0 aliphatic heterocycles. The van der Waals surface area contributed by atoms with Crippen molar-refractivity contribution < 1.29 is 0 Å². The minimum atomic E-state index is 0.371. The fourth-order valence-electron chi connectivity index (χ4n) is 0.947. The van der Waals surface area contributed by atoms with Crippen LogP contribution in [0.1, 0.15) is 27.7 Å². The number of aliphatic imine (C=N–C) groups is 1. The molecular formula is C10H23N3. The van der Waals surface area contributed by atoms with E-state index in [1.165, 1.54) is 0 Å². The summed E-state index contributed by atoms with van der Waals surface area (Å²) in [4.78, 5) is 6.64. The first-order chi connectivity index (χ1) is 6.06. The van der Waals surface area contributed by atoms with Gasteiger partial charge >= 0.3 is 0 Å². The Labute approximate surface area is 82.2 Å². The van der Waals surface area contributed by atoms with Gasteiger partial charge in [0.1, 0.15) is 0 Å². The predicted octanol–water partition coefficient (Wildman–Crippen LogP) is 1.35. The van der Waals surface area contributed by atoms with Gasteiger partial charge in [0, 0.05) is 12.6 Å². The molecule has 0 aromatic carbocycles. The van der Waals surface area contributed by atoms with Gasteiger partial charge < -0.3 is 10.2 Å². The Morgan fingerprint density at radius 3 is 2.46 bits per heavy atom. The Hall–Kier alpha value is -0.570. The molecule has 13 heavy (non-hydrogen) atoms. The maximum absolute atomic E-state index is 4.37. The number of rotatable bonds is 6. The summed E-state index contributed by atoms with van der Waals surface area (Å²) in [5.41, 5.74) is 0. The lowest BCUT2D eigenvalue weighted by Gasteiger charge is -2.16. The highest BCUT2D eigenvalue weighted by Crippen LogP contribution is 1.91. The molecule has 78 valence electrons. The van der Waals surface area contributed by atoms with E-state index in [9.17, 15) is 0 Å². The van der Waals surface area contributed by atoms with Crippen LogP contribution in [-0.2, 0) is 0 Å². The van der Waals surface area contributed by atoms with Crippen LogP contribution in [0.4, 0.5) is 0 Å². The molecule has 0 radical (unpaired) electrons. The standard InChI is InChI=1S/C10H23N3/c1-6-13(5)7-10(4)12-8-11-9(2)3/h8-10H,6-7H2,1-5H3,(H,11,12). The first-order valence-electron chi connectivity index (χ1n) is 5.02. The lowest BCUT2D eigenvalue weighted by molar-refractivity contribution is 0.334. The summed E-state index contributed by atoms with van der Waals surface area (Å²) in [6.45, 7) is 10.6. The fraction of sp³-hybridized carbons (Fsp3) is 0.900. The van der Waals surface area contributed by atoms with Crippen molar-refractivity contribution in [2.75, 3.05) is 20.1 Å². The second-order valence-electron chi connectivity index (χ2n) is 3.80. The topological polar surface area (TPSA) is 27.6 Å².